The monoisotopic (exact) mass is 267 g/mol. The first-order valence-electron chi connectivity index (χ1n) is 6.38. The fourth-order valence-corrected chi connectivity index (χ4v) is 1.76. The zero-order valence-corrected chi connectivity index (χ0v) is 11.4. The number of nitriles is 1. The molecule has 0 amide bonds. The summed E-state index contributed by atoms with van der Waals surface area (Å²) < 4.78 is 0. The number of rotatable bonds is 3. The molecule has 0 aliphatic carbocycles. The minimum atomic E-state index is 0.157. The van der Waals surface area contributed by atoms with Gasteiger partial charge in [-0.05, 0) is 23.6 Å². The molecule has 0 fully saturated rings. The van der Waals surface area contributed by atoms with Crippen LogP contribution in [0.1, 0.15) is 34.0 Å². The van der Waals surface area contributed by atoms with Crippen LogP contribution in [0.2, 0.25) is 0 Å². The highest BCUT2D eigenvalue weighted by Crippen LogP contribution is 2.08. The molecule has 0 aromatic heterocycles. The molecule has 0 aliphatic rings. The van der Waals surface area contributed by atoms with Gasteiger partial charge in [0.15, 0.2) is 6.29 Å². The summed E-state index contributed by atoms with van der Waals surface area (Å²) in [6.07, 6.45) is 1.68. The summed E-state index contributed by atoms with van der Waals surface area (Å²) in [6, 6.07) is 16.6. The predicted octanol–water partition coefficient (Wildman–Crippen LogP) is 3.11. The highest BCUT2D eigenvalue weighted by Gasteiger charge is 1.96. The molecule has 2 aromatic rings. The van der Waals surface area contributed by atoms with Gasteiger partial charge in [0.2, 0.25) is 0 Å². The average molecular weight is 267 g/mol. The van der Waals surface area contributed by atoms with Crippen molar-refractivity contribution in [3.63, 3.8) is 0 Å². The Morgan fingerprint density at radius 1 is 1.10 bits per heavy atom. The van der Waals surface area contributed by atoms with Crippen LogP contribution in [0.5, 0.6) is 0 Å². The first kappa shape index (κ1) is 15.6. The normalized spacial score (nSPS) is 9.05. The second-order valence-electron chi connectivity index (χ2n) is 4.10. The molecule has 0 aliphatic heterocycles. The lowest BCUT2D eigenvalue weighted by Gasteiger charge is -2.01. The first-order valence-corrected chi connectivity index (χ1v) is 6.38. The van der Waals surface area contributed by atoms with Crippen LogP contribution in [0.4, 0.5) is 0 Å². The van der Waals surface area contributed by atoms with Crippen LogP contribution >= 0.6 is 0 Å². The van der Waals surface area contributed by atoms with Crippen LogP contribution in [-0.4, -0.2) is 11.4 Å². The van der Waals surface area contributed by atoms with E-state index in [1.165, 1.54) is 5.56 Å². The van der Waals surface area contributed by atoms with E-state index in [0.29, 0.717) is 17.4 Å². The Kier molecular flexibility index (Phi) is 6.74. The molecule has 0 atom stereocenters. The fourth-order valence-electron chi connectivity index (χ4n) is 1.76. The second kappa shape index (κ2) is 8.63. The van der Waals surface area contributed by atoms with Gasteiger partial charge < -0.3 is 5.11 Å². The highest BCUT2D eigenvalue weighted by molar-refractivity contribution is 5.78. The fraction of sp³-hybridized carbons (Fsp3) is 0.176. The third kappa shape index (κ3) is 4.34. The zero-order valence-electron chi connectivity index (χ0n) is 11.4. The van der Waals surface area contributed by atoms with Crippen LogP contribution < -0.4 is 0 Å². The number of aliphatic hydroxyl groups excluding tert-OH is 1. The van der Waals surface area contributed by atoms with Crippen molar-refractivity contribution in [1.29, 1.82) is 5.26 Å². The maximum absolute atomic E-state index is 10.2. The van der Waals surface area contributed by atoms with Crippen molar-refractivity contribution < 1.29 is 9.90 Å². The molecule has 0 saturated carbocycles. The van der Waals surface area contributed by atoms with Crippen molar-refractivity contribution in [2.45, 2.75) is 20.0 Å². The number of aliphatic hydroxyl groups is 1. The number of hydrogen-bond donors (Lipinski definition) is 1. The van der Waals surface area contributed by atoms with Crippen molar-refractivity contribution in [2.24, 2.45) is 0 Å². The minimum Gasteiger partial charge on any atom is -0.392 e. The molecule has 0 bridgehead atoms. The van der Waals surface area contributed by atoms with E-state index in [0.717, 1.165) is 12.0 Å². The molecule has 0 heterocycles. The van der Waals surface area contributed by atoms with E-state index < -0.39 is 0 Å². The molecule has 20 heavy (non-hydrogen) atoms. The molecule has 0 spiro atoms. The molecule has 0 radical (unpaired) electrons. The minimum absolute atomic E-state index is 0.157. The third-order valence-corrected chi connectivity index (χ3v) is 2.88. The molecular formula is C17H17NO2. The number of nitrogens with zero attached hydrogens (tertiary/aromatic N) is 1. The van der Waals surface area contributed by atoms with Gasteiger partial charge in [0.05, 0.1) is 18.2 Å². The summed E-state index contributed by atoms with van der Waals surface area (Å²) in [5.41, 5.74) is 3.16. The zero-order chi connectivity index (χ0) is 14.8. The summed E-state index contributed by atoms with van der Waals surface area (Å²) in [6.45, 7) is 2.25. The predicted molar refractivity (Wildman–Crippen MR) is 78.3 cm³/mol. The standard InChI is InChI=1S/C9H12O.C8H5NO/c1-2-8-5-3-4-6-9(8)7-10;9-5-7-3-1-2-4-8(7)6-10/h3-6,10H,2,7H2,1H3;1-4,6H. The van der Waals surface area contributed by atoms with Gasteiger partial charge in [-0.3, -0.25) is 4.79 Å². The molecule has 2 aromatic carbocycles. The summed E-state index contributed by atoms with van der Waals surface area (Å²) in [4.78, 5) is 10.2. The Bertz CT molecular complexity index is 577. The van der Waals surface area contributed by atoms with Crippen LogP contribution in [0.3, 0.4) is 0 Å². The van der Waals surface area contributed by atoms with E-state index in [9.17, 15) is 4.79 Å². The lowest BCUT2D eigenvalue weighted by Crippen LogP contribution is -1.90. The van der Waals surface area contributed by atoms with Crippen molar-refractivity contribution in [3.05, 3.63) is 70.8 Å². The second-order valence-corrected chi connectivity index (χ2v) is 4.10. The summed E-state index contributed by atoms with van der Waals surface area (Å²) >= 11 is 0. The molecule has 0 unspecified atom stereocenters. The van der Waals surface area contributed by atoms with E-state index in [1.54, 1.807) is 24.3 Å². The topological polar surface area (TPSA) is 61.1 Å². The van der Waals surface area contributed by atoms with Gasteiger partial charge >= 0.3 is 0 Å². The van der Waals surface area contributed by atoms with Crippen molar-refractivity contribution >= 4 is 6.29 Å². The van der Waals surface area contributed by atoms with E-state index in [2.05, 4.69) is 6.92 Å². The average Bonchev–Trinajstić information content (AvgIpc) is 2.55. The van der Waals surface area contributed by atoms with Gasteiger partial charge in [-0.15, -0.1) is 0 Å². The summed E-state index contributed by atoms with van der Waals surface area (Å²) in [5, 5.41) is 17.3. The van der Waals surface area contributed by atoms with Gasteiger partial charge in [-0.25, -0.2) is 0 Å². The molecule has 0 saturated heterocycles. The van der Waals surface area contributed by atoms with Gasteiger partial charge in [0, 0.05) is 5.56 Å². The van der Waals surface area contributed by atoms with Crippen LogP contribution in [0.25, 0.3) is 0 Å². The quantitative estimate of drug-likeness (QED) is 0.869. The van der Waals surface area contributed by atoms with Crippen LogP contribution in [-0.2, 0) is 13.0 Å². The number of benzene rings is 2. The SMILES string of the molecule is CCc1ccccc1CO.N#Cc1ccccc1C=O. The Morgan fingerprint density at radius 2 is 1.70 bits per heavy atom. The number of carbonyl (C=O) groups excluding carboxylic acids is 1. The number of aldehydes is 1. The first-order chi connectivity index (χ1) is 9.76. The molecule has 3 heteroatoms. The van der Waals surface area contributed by atoms with Crippen molar-refractivity contribution in [2.75, 3.05) is 0 Å². The van der Waals surface area contributed by atoms with Gasteiger partial charge in [-0.2, -0.15) is 5.26 Å². The number of hydrogen-bond acceptors (Lipinski definition) is 3. The molecule has 1 N–H and O–H groups in total. The maximum Gasteiger partial charge on any atom is 0.151 e. The van der Waals surface area contributed by atoms with E-state index >= 15 is 0 Å². The smallest absolute Gasteiger partial charge is 0.151 e. The molecule has 3 nitrogen and oxygen atoms in total. The van der Waals surface area contributed by atoms with Gasteiger partial charge in [0.25, 0.3) is 0 Å². The van der Waals surface area contributed by atoms with E-state index in [4.69, 9.17) is 10.4 Å². The summed E-state index contributed by atoms with van der Waals surface area (Å²) in [7, 11) is 0. The number of carbonyl (C=O) groups is 1. The van der Waals surface area contributed by atoms with Crippen LogP contribution in [0, 0.1) is 11.3 Å². The van der Waals surface area contributed by atoms with Gasteiger partial charge in [-0.1, -0.05) is 49.4 Å². The van der Waals surface area contributed by atoms with Gasteiger partial charge in [0.1, 0.15) is 0 Å². The molecule has 102 valence electrons. The largest absolute Gasteiger partial charge is 0.392 e. The van der Waals surface area contributed by atoms with Crippen LogP contribution in [0.15, 0.2) is 48.5 Å². The lowest BCUT2D eigenvalue weighted by molar-refractivity contribution is 0.112. The van der Waals surface area contributed by atoms with Crippen molar-refractivity contribution in [1.82, 2.24) is 0 Å². The Balaban J connectivity index is 0.000000200. The highest BCUT2D eigenvalue weighted by atomic mass is 16.3. The molecular weight excluding hydrogens is 250 g/mol. The summed E-state index contributed by atoms with van der Waals surface area (Å²) in [5.74, 6) is 0. The number of aryl methyl sites for hydroxylation is 1. The maximum atomic E-state index is 10.2. The third-order valence-electron chi connectivity index (χ3n) is 2.88. The van der Waals surface area contributed by atoms with E-state index in [1.807, 2.05) is 30.3 Å². The Hall–Kier alpha value is -2.44. The Morgan fingerprint density at radius 3 is 2.15 bits per heavy atom. The van der Waals surface area contributed by atoms with Crippen molar-refractivity contribution in [3.8, 4) is 6.07 Å². The molecule has 2 rings (SSSR count). The van der Waals surface area contributed by atoms with E-state index in [-0.39, 0.29) is 6.61 Å². The Labute approximate surface area is 119 Å². The lowest BCUT2D eigenvalue weighted by atomic mass is 10.1.